The minimum Gasteiger partial charge on any atom is -0.452 e. The van der Waals surface area contributed by atoms with Crippen molar-refractivity contribution in [3.05, 3.63) is 23.5 Å². The van der Waals surface area contributed by atoms with E-state index >= 15 is 0 Å². The number of carbonyl (C=O) groups is 2. The molecule has 5 rings (SSSR count). The Balaban J connectivity index is 1.56. The molecule has 190 valence electrons. The first-order chi connectivity index (χ1) is 17.0. The van der Waals surface area contributed by atoms with Crippen LogP contribution < -0.4 is 4.90 Å². The number of anilines is 1. The summed E-state index contributed by atoms with van der Waals surface area (Å²) in [5, 5.41) is 0. The summed E-state index contributed by atoms with van der Waals surface area (Å²) < 4.78 is 13.6. The van der Waals surface area contributed by atoms with E-state index < -0.39 is 0 Å². The highest BCUT2D eigenvalue weighted by Crippen LogP contribution is 2.41. The summed E-state index contributed by atoms with van der Waals surface area (Å²) in [6.07, 6.45) is 11.1. The Morgan fingerprint density at radius 1 is 1.14 bits per heavy atom. The van der Waals surface area contributed by atoms with E-state index in [1.807, 2.05) is 0 Å². The number of ketones is 1. The van der Waals surface area contributed by atoms with Crippen LogP contribution in [-0.2, 0) is 27.1 Å². The molecule has 1 aromatic carbocycles. The Hall–Kier alpha value is -2.41. The summed E-state index contributed by atoms with van der Waals surface area (Å²) in [6, 6.07) is 4.57. The lowest BCUT2D eigenvalue weighted by molar-refractivity contribution is -0.122. The Morgan fingerprint density at radius 2 is 2.00 bits per heavy atom. The van der Waals surface area contributed by atoms with Gasteiger partial charge in [-0.1, -0.05) is 6.42 Å². The van der Waals surface area contributed by atoms with E-state index in [-0.39, 0.29) is 24.1 Å². The number of hydrogen-bond acceptors (Lipinski definition) is 5. The average Bonchev–Trinajstić information content (AvgIpc) is 3.26. The average molecular weight is 482 g/mol. The molecule has 1 amide bonds. The maximum absolute atomic E-state index is 12.6. The molecule has 0 radical (unpaired) electrons. The highest BCUT2D eigenvalue weighted by atomic mass is 16.5. The topological polar surface area (TPSA) is 73.7 Å². The summed E-state index contributed by atoms with van der Waals surface area (Å²) in [5.74, 6) is 1.53. The number of Topliss-reactive ketones (excluding diaryl/α,β-unsaturated/α-hetero) is 1. The van der Waals surface area contributed by atoms with Crippen LogP contribution in [0.1, 0.15) is 89.1 Å². The number of aromatic nitrogens is 2. The quantitative estimate of drug-likeness (QED) is 0.542. The molecule has 0 unspecified atom stereocenters. The van der Waals surface area contributed by atoms with E-state index in [9.17, 15) is 9.59 Å². The van der Waals surface area contributed by atoms with Crippen molar-refractivity contribution in [1.82, 2.24) is 9.55 Å². The molecule has 3 heterocycles. The molecule has 7 heteroatoms. The molecular weight excluding hydrogens is 442 g/mol. The molecule has 1 saturated carbocycles. The second-order valence-corrected chi connectivity index (χ2v) is 10.7. The van der Waals surface area contributed by atoms with E-state index in [0.717, 1.165) is 98.9 Å². The van der Waals surface area contributed by atoms with E-state index in [0.29, 0.717) is 11.9 Å². The zero-order valence-electron chi connectivity index (χ0n) is 21.4. The van der Waals surface area contributed by atoms with E-state index in [1.165, 1.54) is 13.5 Å². The van der Waals surface area contributed by atoms with E-state index in [1.54, 1.807) is 11.8 Å². The van der Waals surface area contributed by atoms with Gasteiger partial charge in [0.25, 0.3) is 0 Å². The van der Waals surface area contributed by atoms with Crippen molar-refractivity contribution in [2.24, 2.45) is 5.92 Å². The van der Waals surface area contributed by atoms with Crippen molar-refractivity contribution in [2.75, 3.05) is 18.6 Å². The maximum Gasteiger partial charge on any atom is 0.414 e. The second-order valence-electron chi connectivity index (χ2n) is 10.7. The van der Waals surface area contributed by atoms with Gasteiger partial charge < -0.3 is 14.0 Å². The van der Waals surface area contributed by atoms with Gasteiger partial charge in [-0.3, -0.25) is 9.69 Å². The van der Waals surface area contributed by atoms with Gasteiger partial charge in [-0.25, -0.2) is 9.78 Å². The molecule has 1 aliphatic carbocycles. The van der Waals surface area contributed by atoms with Crippen molar-refractivity contribution in [3.8, 4) is 0 Å². The molecule has 3 aliphatic rings. The Labute approximate surface area is 208 Å². The summed E-state index contributed by atoms with van der Waals surface area (Å²) >= 11 is 0. The number of hydrogen-bond donors (Lipinski definition) is 0. The monoisotopic (exact) mass is 481 g/mol. The number of benzene rings is 1. The predicted octanol–water partition coefficient (Wildman–Crippen LogP) is 5.77. The van der Waals surface area contributed by atoms with Gasteiger partial charge in [-0.15, -0.1) is 0 Å². The minimum atomic E-state index is -0.316. The Morgan fingerprint density at radius 3 is 2.74 bits per heavy atom. The Kier molecular flexibility index (Phi) is 7.14. The van der Waals surface area contributed by atoms with Gasteiger partial charge >= 0.3 is 6.09 Å². The zero-order valence-corrected chi connectivity index (χ0v) is 21.4. The number of amides is 1. The number of methoxy groups -OCH3 is 1. The van der Waals surface area contributed by atoms with Crippen molar-refractivity contribution in [1.29, 1.82) is 0 Å². The standard InChI is InChI=1S/C28H39N3O4/c1-18-10-12-23-24(30(18)28(33)34-3)13-14-25-27(23)29-26(15-11-22-9-4-5-16-35-22)31(25)21-8-6-7-20(17-21)19(2)32/h13-14,18,20-22H,4-12,15-17H2,1-3H3/t18-,20+,21+,22-/m0/s1. The van der Waals surface area contributed by atoms with E-state index in [4.69, 9.17) is 14.5 Å². The highest BCUT2D eigenvalue weighted by molar-refractivity contribution is 5.95. The maximum atomic E-state index is 12.6. The summed E-state index contributed by atoms with van der Waals surface area (Å²) in [5.41, 5.74) is 4.20. The van der Waals surface area contributed by atoms with Gasteiger partial charge in [0, 0.05) is 36.6 Å². The van der Waals surface area contributed by atoms with Crippen molar-refractivity contribution in [2.45, 2.75) is 103 Å². The molecule has 1 saturated heterocycles. The number of nitrogens with zero attached hydrogens (tertiary/aromatic N) is 3. The molecule has 1 aromatic heterocycles. The summed E-state index contributed by atoms with van der Waals surface area (Å²) in [4.78, 5) is 31.9. The van der Waals surface area contributed by atoms with Crippen LogP contribution in [0, 0.1) is 5.92 Å². The van der Waals surface area contributed by atoms with Crippen LogP contribution in [0.5, 0.6) is 0 Å². The van der Waals surface area contributed by atoms with Crippen molar-refractivity contribution in [3.63, 3.8) is 0 Å². The van der Waals surface area contributed by atoms with Crippen LogP contribution in [-0.4, -0.2) is 47.3 Å². The minimum absolute atomic E-state index is 0.0899. The van der Waals surface area contributed by atoms with Crippen LogP contribution in [0.3, 0.4) is 0 Å². The van der Waals surface area contributed by atoms with Gasteiger partial charge in [0.15, 0.2) is 0 Å². The van der Waals surface area contributed by atoms with Gasteiger partial charge in [0.2, 0.25) is 0 Å². The normalized spacial score (nSPS) is 27.0. The molecule has 0 bridgehead atoms. The molecule has 2 aliphatic heterocycles. The smallest absolute Gasteiger partial charge is 0.414 e. The van der Waals surface area contributed by atoms with Crippen LogP contribution >= 0.6 is 0 Å². The zero-order chi connectivity index (χ0) is 24.5. The molecule has 35 heavy (non-hydrogen) atoms. The first-order valence-electron chi connectivity index (χ1n) is 13.5. The summed E-state index contributed by atoms with van der Waals surface area (Å²) in [6.45, 7) is 4.67. The third-order valence-electron chi connectivity index (χ3n) is 8.45. The molecule has 2 fully saturated rings. The molecule has 0 N–H and O–H groups in total. The number of aryl methyl sites for hydroxylation is 2. The number of carbonyl (C=O) groups excluding carboxylic acids is 2. The number of ether oxygens (including phenoxy) is 2. The third kappa shape index (κ3) is 4.72. The lowest BCUT2D eigenvalue weighted by Gasteiger charge is -2.34. The summed E-state index contributed by atoms with van der Waals surface area (Å²) in [7, 11) is 1.44. The van der Waals surface area contributed by atoms with Gasteiger partial charge in [-0.2, -0.15) is 0 Å². The van der Waals surface area contributed by atoms with Crippen molar-refractivity contribution < 1.29 is 19.1 Å². The van der Waals surface area contributed by atoms with Crippen molar-refractivity contribution >= 4 is 28.6 Å². The molecule has 4 atom stereocenters. The fourth-order valence-corrected chi connectivity index (χ4v) is 6.50. The van der Waals surface area contributed by atoms with Gasteiger partial charge in [0.05, 0.1) is 29.9 Å². The van der Waals surface area contributed by atoms with Gasteiger partial charge in [0.1, 0.15) is 11.6 Å². The fourth-order valence-electron chi connectivity index (χ4n) is 6.50. The van der Waals surface area contributed by atoms with Crippen LogP contribution in [0.2, 0.25) is 0 Å². The lowest BCUT2D eigenvalue weighted by Crippen LogP contribution is -2.42. The van der Waals surface area contributed by atoms with Crippen LogP contribution in [0.15, 0.2) is 12.1 Å². The van der Waals surface area contributed by atoms with Crippen LogP contribution in [0.25, 0.3) is 11.0 Å². The Bertz CT molecular complexity index is 1090. The SMILES string of the molecule is COC(=O)N1c2ccc3c(nc(CC[C@@H]4CCCCO4)n3[C@@H]3CCC[C@@H](C(C)=O)C3)c2CC[C@@H]1C. The molecule has 0 spiro atoms. The number of imidazole rings is 1. The molecule has 7 nitrogen and oxygen atoms in total. The molecule has 2 aromatic rings. The fraction of sp³-hybridized carbons (Fsp3) is 0.679. The number of rotatable bonds is 5. The highest BCUT2D eigenvalue weighted by Gasteiger charge is 2.33. The second kappa shape index (κ2) is 10.3. The van der Waals surface area contributed by atoms with E-state index in [2.05, 4.69) is 23.6 Å². The first-order valence-corrected chi connectivity index (χ1v) is 13.5. The molecular formula is C28H39N3O4. The van der Waals surface area contributed by atoms with Crippen LogP contribution in [0.4, 0.5) is 10.5 Å². The largest absolute Gasteiger partial charge is 0.452 e. The third-order valence-corrected chi connectivity index (χ3v) is 8.45. The lowest BCUT2D eigenvalue weighted by atomic mass is 9.83. The van der Waals surface area contributed by atoms with Gasteiger partial charge in [-0.05, 0) is 83.8 Å². The number of fused-ring (bicyclic) bond motifs is 3. The first kappa shape index (κ1) is 24.3. The predicted molar refractivity (Wildman–Crippen MR) is 136 cm³/mol.